The second kappa shape index (κ2) is 14.2. The standard InChI is InChI=1S/C40H35BrF2N6O3S2/c1-25-7-10-29(11-8-25)54(50,51)49-17-13-30-32-22-47-23-38(44-46-47)40(2,3)24-52-18-15-36(26-5-4-6-27(41)19-26)48-16-14-35(45-48)31-20-28(9-12-33(31)42)53-39(32)34(43)21-37(30)49/h4-14,16-17,19-21,23,36H,15,18,22,24H2,1-3H3. The van der Waals surface area contributed by atoms with Gasteiger partial charge in [-0.1, -0.05) is 76.6 Å². The van der Waals surface area contributed by atoms with Gasteiger partial charge in [0, 0.05) is 57.0 Å². The summed E-state index contributed by atoms with van der Waals surface area (Å²) in [6.45, 7) is 6.77. The highest BCUT2D eigenvalue weighted by Crippen LogP contribution is 2.40. The maximum atomic E-state index is 16.6. The van der Waals surface area contributed by atoms with Gasteiger partial charge in [0.1, 0.15) is 11.6 Å². The predicted octanol–water partition coefficient (Wildman–Crippen LogP) is 9.17. The van der Waals surface area contributed by atoms with Gasteiger partial charge in [0.2, 0.25) is 0 Å². The SMILES string of the molecule is Cc1ccc(S(=O)(=O)n2ccc3c4c(c(F)cc32)Sc2ccc(F)c(c2)-c2ccn(n2)C(c2cccc(Br)c2)CCOCC(C)(C)c2cn(nn2)C4)cc1. The van der Waals surface area contributed by atoms with E-state index in [4.69, 9.17) is 9.84 Å². The molecule has 0 radical (unpaired) electrons. The summed E-state index contributed by atoms with van der Waals surface area (Å²) in [5.74, 6) is -1.10. The zero-order chi connectivity index (χ0) is 37.8. The van der Waals surface area contributed by atoms with E-state index >= 15 is 8.78 Å². The third-order valence-corrected chi connectivity index (χ3v) is 13.0. The summed E-state index contributed by atoms with van der Waals surface area (Å²) < 4.78 is 71.6. The van der Waals surface area contributed by atoms with E-state index in [0.29, 0.717) is 46.9 Å². The second-order valence-corrected chi connectivity index (χ2v) is 17.9. The van der Waals surface area contributed by atoms with Crippen molar-refractivity contribution in [3.05, 3.63) is 142 Å². The molecule has 1 aliphatic heterocycles. The summed E-state index contributed by atoms with van der Waals surface area (Å²) in [6, 6.07) is 23.6. The van der Waals surface area contributed by atoms with Crippen LogP contribution in [0.3, 0.4) is 0 Å². The van der Waals surface area contributed by atoms with Crippen LogP contribution in [0.5, 0.6) is 0 Å². The number of aromatic nitrogens is 6. The van der Waals surface area contributed by atoms with Gasteiger partial charge in [-0.2, -0.15) is 5.10 Å². The first kappa shape index (κ1) is 36.4. The quantitative estimate of drug-likeness (QED) is 0.175. The number of hydrogen-bond acceptors (Lipinski definition) is 7. The van der Waals surface area contributed by atoms with Crippen molar-refractivity contribution >= 4 is 48.6 Å². The Balaban J connectivity index is 1.27. The molecule has 0 spiro atoms. The van der Waals surface area contributed by atoms with Crippen molar-refractivity contribution in [3.63, 3.8) is 0 Å². The highest BCUT2D eigenvalue weighted by Gasteiger charge is 2.28. The molecule has 8 rings (SSSR count). The summed E-state index contributed by atoms with van der Waals surface area (Å²) in [5.41, 5.74) is 3.47. The molecular weight excluding hydrogens is 795 g/mol. The average Bonchev–Trinajstić information content (AvgIpc) is 3.91. The molecule has 14 heteroatoms. The van der Waals surface area contributed by atoms with Gasteiger partial charge in [0.25, 0.3) is 10.0 Å². The molecule has 1 atom stereocenters. The molecule has 276 valence electrons. The van der Waals surface area contributed by atoms with Gasteiger partial charge in [0.15, 0.2) is 0 Å². The Kier molecular flexibility index (Phi) is 9.57. The number of fused-ring (bicyclic) bond motifs is 10. The Morgan fingerprint density at radius 3 is 2.57 bits per heavy atom. The van der Waals surface area contributed by atoms with Gasteiger partial charge in [-0.25, -0.2) is 25.9 Å². The molecule has 1 unspecified atom stereocenters. The van der Waals surface area contributed by atoms with E-state index in [1.165, 1.54) is 30.5 Å². The molecule has 54 heavy (non-hydrogen) atoms. The second-order valence-electron chi connectivity index (χ2n) is 14.1. The van der Waals surface area contributed by atoms with Crippen molar-refractivity contribution in [2.75, 3.05) is 13.2 Å². The van der Waals surface area contributed by atoms with E-state index in [-0.39, 0.29) is 33.5 Å². The van der Waals surface area contributed by atoms with E-state index in [1.54, 1.807) is 41.1 Å². The molecule has 6 bridgehead atoms. The highest BCUT2D eigenvalue weighted by atomic mass is 79.9. The molecule has 0 fully saturated rings. The highest BCUT2D eigenvalue weighted by molar-refractivity contribution is 9.10. The normalized spacial score (nSPS) is 16.4. The average molecular weight is 830 g/mol. The molecule has 3 aromatic heterocycles. The lowest BCUT2D eigenvalue weighted by molar-refractivity contribution is 0.0853. The van der Waals surface area contributed by atoms with Crippen LogP contribution >= 0.6 is 27.7 Å². The Bertz CT molecular complexity index is 2640. The van der Waals surface area contributed by atoms with Gasteiger partial charge in [0.05, 0.1) is 45.9 Å². The van der Waals surface area contributed by atoms with Crippen LogP contribution in [0.2, 0.25) is 0 Å². The predicted molar refractivity (Wildman–Crippen MR) is 207 cm³/mol. The zero-order valence-corrected chi connectivity index (χ0v) is 32.8. The molecule has 0 N–H and O–H groups in total. The summed E-state index contributed by atoms with van der Waals surface area (Å²) in [7, 11) is -4.06. The Morgan fingerprint density at radius 2 is 1.78 bits per heavy atom. The van der Waals surface area contributed by atoms with Crippen LogP contribution in [0, 0.1) is 18.6 Å². The van der Waals surface area contributed by atoms with Gasteiger partial charge in [-0.15, -0.1) is 5.10 Å². The summed E-state index contributed by atoms with van der Waals surface area (Å²) >= 11 is 4.72. The van der Waals surface area contributed by atoms with Crippen LogP contribution in [0.4, 0.5) is 8.78 Å². The Labute approximate surface area is 324 Å². The minimum atomic E-state index is -4.06. The molecule has 4 heterocycles. The lowest BCUT2D eigenvalue weighted by Crippen LogP contribution is -2.26. The van der Waals surface area contributed by atoms with Gasteiger partial charge in [-0.3, -0.25) is 4.68 Å². The molecule has 0 saturated heterocycles. The molecule has 0 saturated carbocycles. The molecular formula is C40H35BrF2N6O3S2. The monoisotopic (exact) mass is 828 g/mol. The molecule has 7 aromatic rings. The first-order valence-corrected chi connectivity index (χ1v) is 20.3. The first-order chi connectivity index (χ1) is 25.9. The van der Waals surface area contributed by atoms with Crippen LogP contribution in [0.25, 0.3) is 22.2 Å². The number of nitrogens with zero attached hydrogens (tertiary/aromatic N) is 6. The van der Waals surface area contributed by atoms with E-state index in [2.05, 4.69) is 26.2 Å². The maximum absolute atomic E-state index is 16.6. The molecule has 0 aliphatic carbocycles. The zero-order valence-electron chi connectivity index (χ0n) is 29.6. The van der Waals surface area contributed by atoms with Crippen molar-refractivity contribution in [1.82, 2.24) is 28.7 Å². The number of benzene rings is 4. The number of halogens is 3. The smallest absolute Gasteiger partial charge is 0.268 e. The van der Waals surface area contributed by atoms with Crippen LogP contribution in [-0.2, 0) is 26.7 Å². The number of ether oxygens (including phenoxy) is 1. The Morgan fingerprint density at radius 1 is 0.963 bits per heavy atom. The van der Waals surface area contributed by atoms with Crippen molar-refractivity contribution in [1.29, 1.82) is 0 Å². The number of hydrogen-bond donors (Lipinski definition) is 0. The third-order valence-electron chi connectivity index (χ3n) is 9.69. The van der Waals surface area contributed by atoms with Gasteiger partial charge >= 0.3 is 0 Å². The minimum absolute atomic E-state index is 0.0852. The van der Waals surface area contributed by atoms with E-state index in [1.807, 2.05) is 62.1 Å². The third kappa shape index (κ3) is 6.91. The maximum Gasteiger partial charge on any atom is 0.268 e. The molecule has 1 aliphatic rings. The van der Waals surface area contributed by atoms with Crippen molar-refractivity contribution in [2.45, 2.75) is 59.9 Å². The minimum Gasteiger partial charge on any atom is -0.380 e. The van der Waals surface area contributed by atoms with E-state index < -0.39 is 27.1 Å². The first-order valence-electron chi connectivity index (χ1n) is 17.3. The van der Waals surface area contributed by atoms with Crippen LogP contribution in [0.15, 0.2) is 123 Å². The number of rotatable bonds is 3. The van der Waals surface area contributed by atoms with Crippen molar-refractivity contribution < 1.29 is 21.9 Å². The molecule has 4 aromatic carbocycles. The number of aryl methyl sites for hydroxylation is 1. The fraction of sp³-hybridized carbons (Fsp3) is 0.225. The van der Waals surface area contributed by atoms with E-state index in [9.17, 15) is 8.42 Å². The fourth-order valence-corrected chi connectivity index (χ4v) is 9.48. The van der Waals surface area contributed by atoms with Crippen LogP contribution in [0.1, 0.15) is 48.7 Å². The van der Waals surface area contributed by atoms with Crippen molar-refractivity contribution in [3.8, 4) is 11.3 Å². The largest absolute Gasteiger partial charge is 0.380 e. The molecule has 9 nitrogen and oxygen atoms in total. The lowest BCUT2D eigenvalue weighted by atomic mass is 9.91. The lowest BCUT2D eigenvalue weighted by Gasteiger charge is -2.23. The Hall–Kier alpha value is -4.63. The fourth-order valence-electron chi connectivity index (χ4n) is 6.72. The summed E-state index contributed by atoms with van der Waals surface area (Å²) in [5, 5.41) is 14.3. The van der Waals surface area contributed by atoms with Crippen LogP contribution in [-0.4, -0.2) is 50.4 Å². The molecule has 0 amide bonds. The van der Waals surface area contributed by atoms with Crippen LogP contribution < -0.4 is 0 Å². The van der Waals surface area contributed by atoms with Crippen molar-refractivity contribution in [2.24, 2.45) is 0 Å². The summed E-state index contributed by atoms with van der Waals surface area (Å²) in [6.07, 6.45) is 5.69. The van der Waals surface area contributed by atoms with E-state index in [0.717, 1.165) is 31.3 Å². The van der Waals surface area contributed by atoms with Gasteiger partial charge < -0.3 is 4.74 Å². The summed E-state index contributed by atoms with van der Waals surface area (Å²) in [4.78, 5) is 0.912. The van der Waals surface area contributed by atoms with Gasteiger partial charge in [-0.05, 0) is 79.1 Å². The topological polar surface area (TPSA) is 96.8 Å².